The van der Waals surface area contributed by atoms with E-state index in [1.807, 2.05) is 6.08 Å². The summed E-state index contributed by atoms with van der Waals surface area (Å²) in [5, 5.41) is 33.1. The maximum atomic E-state index is 12.4. The Kier molecular flexibility index (Phi) is 34.3. The molecule has 0 aliphatic heterocycles. The summed E-state index contributed by atoms with van der Waals surface area (Å²) in [6.07, 6.45) is 42.6. The molecule has 45 heavy (non-hydrogen) atoms. The zero-order valence-electron chi connectivity index (χ0n) is 29.7. The lowest BCUT2D eigenvalue weighted by Gasteiger charge is -2.21. The third-order valence-electron chi connectivity index (χ3n) is 8.67. The fraction of sp³-hybridized carbons (Fsp3) is 0.825. The van der Waals surface area contributed by atoms with Crippen LogP contribution in [0.4, 0.5) is 0 Å². The van der Waals surface area contributed by atoms with Gasteiger partial charge in [-0.3, -0.25) is 4.79 Å². The second-order valence-electron chi connectivity index (χ2n) is 13.2. The summed E-state index contributed by atoms with van der Waals surface area (Å²) in [4.78, 5) is 12.4. The van der Waals surface area contributed by atoms with Crippen LogP contribution in [-0.4, -0.2) is 46.1 Å². The number of carbonyl (C=O) groups is 1. The largest absolute Gasteiger partial charge is 0.394 e. The van der Waals surface area contributed by atoms with Gasteiger partial charge < -0.3 is 20.6 Å². The second kappa shape index (κ2) is 35.4. The van der Waals surface area contributed by atoms with Gasteiger partial charge in [0.2, 0.25) is 5.91 Å². The maximum Gasteiger partial charge on any atom is 0.222 e. The molecule has 264 valence electrons. The summed E-state index contributed by atoms with van der Waals surface area (Å²) in [7, 11) is 0. The van der Waals surface area contributed by atoms with Gasteiger partial charge in [-0.2, -0.15) is 0 Å². The Morgan fingerprint density at radius 3 is 1.51 bits per heavy atom. The number of nitrogens with one attached hydrogen (secondary N) is 1. The Balaban J connectivity index is 3.76. The molecule has 0 aliphatic carbocycles. The van der Waals surface area contributed by atoms with E-state index in [0.717, 1.165) is 44.9 Å². The molecule has 5 nitrogen and oxygen atoms in total. The van der Waals surface area contributed by atoms with Crippen molar-refractivity contribution >= 4 is 5.91 Å². The molecule has 5 heteroatoms. The molecule has 3 atom stereocenters. The van der Waals surface area contributed by atoms with E-state index in [0.29, 0.717) is 6.42 Å². The molecule has 0 aromatic carbocycles. The molecule has 0 fully saturated rings. The standard InChI is InChI=1S/C40H75NO4/c1-3-5-7-9-11-13-15-17-19-21-23-25-27-29-31-33-37(43)35-40(45)41-38(36-42)39(44)34-32-30-28-26-24-22-20-18-16-14-12-10-8-6-4-2/h11,13,17,19,32,34,37-39,42-44H,3-10,12,14-16,18,20-31,33,35-36H2,1-2H3,(H,41,45)/b13-11-,19-17-,34-32+. The summed E-state index contributed by atoms with van der Waals surface area (Å²) in [5.41, 5.74) is 0. The molecule has 0 heterocycles. The van der Waals surface area contributed by atoms with Crippen LogP contribution in [0.1, 0.15) is 187 Å². The number of unbranched alkanes of at least 4 members (excludes halogenated alkanes) is 21. The van der Waals surface area contributed by atoms with E-state index in [2.05, 4.69) is 43.5 Å². The molecule has 3 unspecified atom stereocenters. The summed E-state index contributed by atoms with van der Waals surface area (Å²) in [6, 6.07) is -0.747. The minimum absolute atomic E-state index is 0.00371. The van der Waals surface area contributed by atoms with Crippen molar-refractivity contribution in [3.8, 4) is 0 Å². The first kappa shape index (κ1) is 43.6. The van der Waals surface area contributed by atoms with Crippen LogP contribution in [0.5, 0.6) is 0 Å². The van der Waals surface area contributed by atoms with Gasteiger partial charge in [-0.25, -0.2) is 0 Å². The highest BCUT2D eigenvalue weighted by atomic mass is 16.3. The lowest BCUT2D eigenvalue weighted by Crippen LogP contribution is -2.45. The Labute approximate surface area is 279 Å². The van der Waals surface area contributed by atoms with E-state index in [4.69, 9.17) is 0 Å². The lowest BCUT2D eigenvalue weighted by molar-refractivity contribution is -0.124. The number of hydrogen-bond acceptors (Lipinski definition) is 4. The Hall–Kier alpha value is -1.43. The van der Waals surface area contributed by atoms with E-state index in [9.17, 15) is 20.1 Å². The van der Waals surface area contributed by atoms with Crippen LogP contribution < -0.4 is 5.32 Å². The van der Waals surface area contributed by atoms with Crippen LogP contribution in [0, 0.1) is 0 Å². The lowest BCUT2D eigenvalue weighted by atomic mass is 10.0. The molecule has 0 aliphatic rings. The molecular formula is C40H75NO4. The van der Waals surface area contributed by atoms with Gasteiger partial charge in [0.1, 0.15) is 0 Å². The Bertz CT molecular complexity index is 704. The third kappa shape index (κ3) is 32.3. The average Bonchev–Trinajstić information content (AvgIpc) is 3.03. The van der Waals surface area contributed by atoms with Gasteiger partial charge in [0, 0.05) is 0 Å². The Morgan fingerprint density at radius 1 is 0.578 bits per heavy atom. The van der Waals surface area contributed by atoms with Gasteiger partial charge in [0.05, 0.1) is 31.3 Å². The first-order valence-corrected chi connectivity index (χ1v) is 19.3. The highest BCUT2D eigenvalue weighted by Gasteiger charge is 2.20. The number of aliphatic hydroxyl groups excluding tert-OH is 3. The van der Waals surface area contributed by atoms with E-state index >= 15 is 0 Å². The van der Waals surface area contributed by atoms with E-state index in [1.165, 1.54) is 116 Å². The quantitative estimate of drug-likeness (QED) is 0.0419. The average molecular weight is 634 g/mol. The molecule has 0 spiro atoms. The fourth-order valence-electron chi connectivity index (χ4n) is 5.66. The van der Waals surface area contributed by atoms with Crippen LogP contribution in [0.25, 0.3) is 0 Å². The van der Waals surface area contributed by atoms with E-state index in [-0.39, 0.29) is 18.9 Å². The summed E-state index contributed by atoms with van der Waals surface area (Å²) in [6.45, 7) is 4.17. The monoisotopic (exact) mass is 634 g/mol. The normalized spacial score (nSPS) is 14.2. The second-order valence-corrected chi connectivity index (χ2v) is 13.2. The van der Waals surface area contributed by atoms with Gasteiger partial charge >= 0.3 is 0 Å². The predicted molar refractivity (Wildman–Crippen MR) is 194 cm³/mol. The maximum absolute atomic E-state index is 12.4. The SMILES string of the molecule is CCCCC/C=C\C/C=C\CCCCCCCC(O)CC(=O)NC(CO)C(O)/C=C/CCCCCCCCCCCCCCC. The summed E-state index contributed by atoms with van der Waals surface area (Å²) < 4.78 is 0. The van der Waals surface area contributed by atoms with Crippen molar-refractivity contribution in [1.82, 2.24) is 5.32 Å². The number of hydrogen-bond donors (Lipinski definition) is 4. The van der Waals surface area contributed by atoms with Crippen LogP contribution in [0.15, 0.2) is 36.5 Å². The molecule has 0 rings (SSSR count). The van der Waals surface area contributed by atoms with Gasteiger partial charge in [-0.1, -0.05) is 166 Å². The van der Waals surface area contributed by atoms with Gasteiger partial charge in [0.25, 0.3) is 0 Å². The minimum Gasteiger partial charge on any atom is -0.394 e. The topological polar surface area (TPSA) is 89.8 Å². The fourth-order valence-corrected chi connectivity index (χ4v) is 5.66. The number of aliphatic hydroxyl groups is 3. The van der Waals surface area contributed by atoms with E-state index < -0.39 is 18.2 Å². The van der Waals surface area contributed by atoms with Crippen LogP contribution in [-0.2, 0) is 4.79 Å². The van der Waals surface area contributed by atoms with Crippen LogP contribution in [0.3, 0.4) is 0 Å². The van der Waals surface area contributed by atoms with Crippen molar-refractivity contribution in [2.24, 2.45) is 0 Å². The highest BCUT2D eigenvalue weighted by molar-refractivity contribution is 5.76. The van der Waals surface area contributed by atoms with E-state index in [1.54, 1.807) is 6.08 Å². The third-order valence-corrected chi connectivity index (χ3v) is 8.67. The zero-order valence-corrected chi connectivity index (χ0v) is 29.7. The van der Waals surface area contributed by atoms with Crippen molar-refractivity contribution in [1.29, 1.82) is 0 Å². The molecule has 0 saturated carbocycles. The van der Waals surface area contributed by atoms with Crippen molar-refractivity contribution in [2.45, 2.75) is 205 Å². The molecular weight excluding hydrogens is 558 g/mol. The Morgan fingerprint density at radius 2 is 1.00 bits per heavy atom. The zero-order chi connectivity index (χ0) is 33.1. The molecule has 1 amide bonds. The first-order chi connectivity index (χ1) is 22.0. The van der Waals surface area contributed by atoms with Crippen molar-refractivity contribution in [3.63, 3.8) is 0 Å². The van der Waals surface area contributed by atoms with Gasteiger partial charge in [-0.05, 0) is 51.4 Å². The molecule has 0 aromatic heterocycles. The molecule has 0 bridgehead atoms. The summed E-state index contributed by atoms with van der Waals surface area (Å²) in [5.74, 6) is -0.326. The van der Waals surface area contributed by atoms with Crippen LogP contribution in [0.2, 0.25) is 0 Å². The van der Waals surface area contributed by atoms with Gasteiger partial charge in [-0.15, -0.1) is 0 Å². The highest BCUT2D eigenvalue weighted by Crippen LogP contribution is 2.14. The van der Waals surface area contributed by atoms with Crippen molar-refractivity contribution in [3.05, 3.63) is 36.5 Å². The number of carbonyl (C=O) groups excluding carboxylic acids is 1. The predicted octanol–water partition coefficient (Wildman–Crippen LogP) is 10.4. The molecule has 0 radical (unpaired) electrons. The molecule has 0 saturated heterocycles. The number of rotatable bonds is 34. The molecule has 4 N–H and O–H groups in total. The van der Waals surface area contributed by atoms with Gasteiger partial charge in [0.15, 0.2) is 0 Å². The summed E-state index contributed by atoms with van der Waals surface area (Å²) >= 11 is 0. The number of allylic oxidation sites excluding steroid dienone is 5. The van der Waals surface area contributed by atoms with Crippen LogP contribution >= 0.6 is 0 Å². The van der Waals surface area contributed by atoms with Crippen molar-refractivity contribution in [2.75, 3.05) is 6.61 Å². The first-order valence-electron chi connectivity index (χ1n) is 19.3. The number of amides is 1. The smallest absolute Gasteiger partial charge is 0.222 e. The van der Waals surface area contributed by atoms with Crippen molar-refractivity contribution < 1.29 is 20.1 Å². The molecule has 0 aromatic rings. The minimum atomic E-state index is -0.931.